The monoisotopic (exact) mass is 272 g/mol. The van der Waals surface area contributed by atoms with E-state index in [9.17, 15) is 4.79 Å². The first kappa shape index (κ1) is 15.0. The van der Waals surface area contributed by atoms with Crippen LogP contribution in [0.5, 0.6) is 0 Å². The lowest BCUT2D eigenvalue weighted by Crippen LogP contribution is -2.34. The summed E-state index contributed by atoms with van der Waals surface area (Å²) in [7, 11) is 0. The summed E-state index contributed by atoms with van der Waals surface area (Å²) in [6.45, 7) is 4.32. The van der Waals surface area contributed by atoms with E-state index in [2.05, 4.69) is 27.8 Å². The Bertz CT molecular complexity index is 349. The molecule has 1 aliphatic heterocycles. The van der Waals surface area contributed by atoms with Gasteiger partial charge in [-0.05, 0) is 37.8 Å². The lowest BCUT2D eigenvalue weighted by atomic mass is 9.85. The van der Waals surface area contributed by atoms with E-state index in [0.717, 1.165) is 18.8 Å². The van der Waals surface area contributed by atoms with Crippen LogP contribution in [-0.4, -0.2) is 29.2 Å². The van der Waals surface area contributed by atoms with Gasteiger partial charge in [0.05, 0.1) is 11.9 Å². The number of H-pyrrole nitrogens is 1. The molecule has 0 spiro atoms. The van der Waals surface area contributed by atoms with Crippen LogP contribution in [0.25, 0.3) is 0 Å². The van der Waals surface area contributed by atoms with Gasteiger partial charge in [0.15, 0.2) is 0 Å². The molecule has 0 bridgehead atoms. The van der Waals surface area contributed by atoms with Gasteiger partial charge in [-0.1, -0.05) is 6.92 Å². The molecule has 0 saturated carbocycles. The fourth-order valence-corrected chi connectivity index (χ4v) is 2.35. The van der Waals surface area contributed by atoms with E-state index < -0.39 is 0 Å². The van der Waals surface area contributed by atoms with E-state index in [4.69, 9.17) is 0 Å². The van der Waals surface area contributed by atoms with E-state index in [1.54, 1.807) is 12.4 Å². The molecule has 2 rings (SSSR count). The molecule has 102 valence electrons. The number of aromatic amines is 1. The topological polar surface area (TPSA) is 69.8 Å². The number of halogens is 1. The van der Waals surface area contributed by atoms with Gasteiger partial charge in [0.2, 0.25) is 5.91 Å². The van der Waals surface area contributed by atoms with Crippen LogP contribution >= 0.6 is 12.4 Å². The molecule has 1 aromatic heterocycles. The molecule has 0 aromatic carbocycles. The Morgan fingerprint density at radius 2 is 2.50 bits per heavy atom. The van der Waals surface area contributed by atoms with Crippen molar-refractivity contribution in [2.75, 3.05) is 18.4 Å². The minimum Gasteiger partial charge on any atom is -0.323 e. The normalized spacial score (nSPS) is 20.8. The van der Waals surface area contributed by atoms with Crippen molar-refractivity contribution < 1.29 is 4.79 Å². The zero-order valence-electron chi connectivity index (χ0n) is 10.6. The second kappa shape index (κ2) is 7.38. The van der Waals surface area contributed by atoms with Crippen molar-refractivity contribution in [3.8, 4) is 0 Å². The molecule has 5 nitrogen and oxygen atoms in total. The zero-order valence-corrected chi connectivity index (χ0v) is 11.4. The number of piperidine rings is 1. The van der Waals surface area contributed by atoms with Gasteiger partial charge >= 0.3 is 0 Å². The average molecular weight is 273 g/mol. The summed E-state index contributed by atoms with van der Waals surface area (Å²) in [4.78, 5) is 11.8. The fraction of sp³-hybridized carbons (Fsp3) is 0.667. The Morgan fingerprint density at radius 1 is 1.67 bits per heavy atom. The highest BCUT2D eigenvalue weighted by molar-refractivity contribution is 5.90. The van der Waals surface area contributed by atoms with Crippen molar-refractivity contribution in [3.63, 3.8) is 0 Å². The van der Waals surface area contributed by atoms with Crippen LogP contribution < -0.4 is 10.6 Å². The molecule has 2 heterocycles. The Morgan fingerprint density at radius 3 is 3.11 bits per heavy atom. The molecular weight excluding hydrogens is 252 g/mol. The van der Waals surface area contributed by atoms with E-state index in [1.165, 1.54) is 12.8 Å². The first-order valence-corrected chi connectivity index (χ1v) is 6.25. The van der Waals surface area contributed by atoms with Gasteiger partial charge in [0, 0.05) is 12.6 Å². The van der Waals surface area contributed by atoms with Gasteiger partial charge in [-0.2, -0.15) is 5.10 Å². The molecule has 1 aromatic rings. The Balaban J connectivity index is 0.00000162. The Kier molecular flexibility index (Phi) is 6.15. The summed E-state index contributed by atoms with van der Waals surface area (Å²) < 4.78 is 0. The molecule has 0 aliphatic carbocycles. The molecule has 1 amide bonds. The molecule has 1 saturated heterocycles. The van der Waals surface area contributed by atoms with Crippen molar-refractivity contribution in [1.82, 2.24) is 15.5 Å². The molecule has 3 N–H and O–H groups in total. The lowest BCUT2D eigenvalue weighted by Gasteiger charge is -2.27. The molecule has 2 atom stereocenters. The van der Waals surface area contributed by atoms with Gasteiger partial charge in [0.25, 0.3) is 0 Å². The van der Waals surface area contributed by atoms with Gasteiger partial charge in [0.1, 0.15) is 0 Å². The van der Waals surface area contributed by atoms with Gasteiger partial charge in [-0.3, -0.25) is 9.89 Å². The summed E-state index contributed by atoms with van der Waals surface area (Å²) in [5.74, 6) is 1.12. The van der Waals surface area contributed by atoms with Crippen LogP contribution in [-0.2, 0) is 4.79 Å². The predicted molar refractivity (Wildman–Crippen MR) is 73.8 cm³/mol. The first-order chi connectivity index (χ1) is 8.25. The van der Waals surface area contributed by atoms with Crippen LogP contribution in [0.1, 0.15) is 26.2 Å². The van der Waals surface area contributed by atoms with E-state index in [1.807, 2.05) is 0 Å². The number of carbonyl (C=O) groups is 1. The standard InChI is InChI=1S/C12H20N4O.ClH/c1-9(10-3-2-4-13-6-10)5-12(17)16-11-7-14-15-8-11;/h7-10,13H,2-6H2,1H3,(H,14,15)(H,16,17);1H. The number of nitrogens with zero attached hydrogens (tertiary/aromatic N) is 1. The zero-order chi connectivity index (χ0) is 12.1. The maximum atomic E-state index is 11.8. The minimum absolute atomic E-state index is 0. The second-order valence-corrected chi connectivity index (χ2v) is 4.82. The number of amides is 1. The van der Waals surface area contributed by atoms with Crippen molar-refractivity contribution in [3.05, 3.63) is 12.4 Å². The molecular formula is C12H21ClN4O. The Hall–Kier alpha value is -1.07. The van der Waals surface area contributed by atoms with Crippen molar-refractivity contribution >= 4 is 24.0 Å². The van der Waals surface area contributed by atoms with Crippen LogP contribution in [0.15, 0.2) is 12.4 Å². The van der Waals surface area contributed by atoms with E-state index >= 15 is 0 Å². The summed E-state index contributed by atoms with van der Waals surface area (Å²) >= 11 is 0. The SMILES string of the molecule is CC(CC(=O)Nc1cn[nH]c1)C1CCCNC1.Cl. The van der Waals surface area contributed by atoms with Crippen molar-refractivity contribution in [2.45, 2.75) is 26.2 Å². The highest BCUT2D eigenvalue weighted by Crippen LogP contribution is 2.22. The summed E-state index contributed by atoms with van der Waals surface area (Å²) in [5, 5.41) is 12.7. The van der Waals surface area contributed by atoms with Crippen LogP contribution in [0.3, 0.4) is 0 Å². The molecule has 0 radical (unpaired) electrons. The summed E-state index contributed by atoms with van der Waals surface area (Å²) in [5.41, 5.74) is 0.740. The van der Waals surface area contributed by atoms with E-state index in [-0.39, 0.29) is 18.3 Å². The highest BCUT2D eigenvalue weighted by Gasteiger charge is 2.21. The third kappa shape index (κ3) is 4.31. The predicted octanol–water partition coefficient (Wildman–Crippen LogP) is 1.80. The van der Waals surface area contributed by atoms with Gasteiger partial charge < -0.3 is 10.6 Å². The number of anilines is 1. The number of aromatic nitrogens is 2. The molecule has 18 heavy (non-hydrogen) atoms. The number of nitrogens with one attached hydrogen (secondary N) is 3. The highest BCUT2D eigenvalue weighted by atomic mass is 35.5. The Labute approximate surface area is 114 Å². The maximum Gasteiger partial charge on any atom is 0.224 e. The fourth-order valence-electron chi connectivity index (χ4n) is 2.35. The van der Waals surface area contributed by atoms with Crippen LogP contribution in [0.2, 0.25) is 0 Å². The number of hydrogen-bond acceptors (Lipinski definition) is 3. The number of hydrogen-bond donors (Lipinski definition) is 3. The third-order valence-electron chi connectivity index (χ3n) is 3.43. The number of rotatable bonds is 4. The van der Waals surface area contributed by atoms with Crippen LogP contribution in [0, 0.1) is 11.8 Å². The van der Waals surface area contributed by atoms with Crippen LogP contribution in [0.4, 0.5) is 5.69 Å². The smallest absolute Gasteiger partial charge is 0.224 e. The van der Waals surface area contributed by atoms with Crippen molar-refractivity contribution in [1.29, 1.82) is 0 Å². The molecule has 1 aliphatic rings. The van der Waals surface area contributed by atoms with Crippen molar-refractivity contribution in [2.24, 2.45) is 11.8 Å². The van der Waals surface area contributed by atoms with E-state index in [0.29, 0.717) is 18.3 Å². The van der Waals surface area contributed by atoms with Gasteiger partial charge in [-0.25, -0.2) is 0 Å². The van der Waals surface area contributed by atoms with Gasteiger partial charge in [-0.15, -0.1) is 12.4 Å². The number of carbonyl (C=O) groups excluding carboxylic acids is 1. The molecule has 6 heteroatoms. The molecule has 2 unspecified atom stereocenters. The lowest BCUT2D eigenvalue weighted by molar-refractivity contribution is -0.117. The molecule has 1 fully saturated rings. The maximum absolute atomic E-state index is 11.8. The quantitative estimate of drug-likeness (QED) is 0.783. The largest absolute Gasteiger partial charge is 0.323 e. The summed E-state index contributed by atoms with van der Waals surface area (Å²) in [6, 6.07) is 0. The minimum atomic E-state index is 0. The average Bonchev–Trinajstić information content (AvgIpc) is 2.82. The second-order valence-electron chi connectivity index (χ2n) is 4.82. The first-order valence-electron chi connectivity index (χ1n) is 6.25. The third-order valence-corrected chi connectivity index (χ3v) is 3.43. The summed E-state index contributed by atoms with van der Waals surface area (Å²) in [6.07, 6.45) is 6.33.